The number of nitrogens with zero attached hydrogens (tertiary/aromatic N) is 1. The second-order valence-corrected chi connectivity index (χ2v) is 6.34. The van der Waals surface area contributed by atoms with Crippen molar-refractivity contribution >= 4 is 38.4 Å². The summed E-state index contributed by atoms with van der Waals surface area (Å²) in [5.41, 5.74) is 3.39. The van der Waals surface area contributed by atoms with Crippen LogP contribution in [0, 0.1) is 6.92 Å². The lowest BCUT2D eigenvalue weighted by Crippen LogP contribution is -1.98. The Bertz CT molecular complexity index is 603. The second-order valence-electron chi connectivity index (χ2n) is 5.08. The smallest absolute Gasteiger partial charge is 0.0760 e. The maximum Gasteiger partial charge on any atom is 0.0760 e. The molecule has 0 unspecified atom stereocenters. The highest BCUT2D eigenvalue weighted by atomic mass is 79.9. The highest BCUT2D eigenvalue weighted by Crippen LogP contribution is 2.37. The topological polar surface area (TPSA) is 12.9 Å². The third-order valence-electron chi connectivity index (χ3n) is 3.91. The van der Waals surface area contributed by atoms with Crippen molar-refractivity contribution < 1.29 is 0 Å². The molecule has 3 heteroatoms. The summed E-state index contributed by atoms with van der Waals surface area (Å²) < 4.78 is 1.10. The van der Waals surface area contributed by atoms with Gasteiger partial charge in [0.1, 0.15) is 0 Å². The van der Waals surface area contributed by atoms with E-state index in [4.69, 9.17) is 16.6 Å². The second kappa shape index (κ2) is 4.82. The van der Waals surface area contributed by atoms with Crippen molar-refractivity contribution in [3.8, 4) is 0 Å². The first-order chi connectivity index (χ1) is 8.66. The zero-order valence-electron chi connectivity index (χ0n) is 10.3. The van der Waals surface area contributed by atoms with Crippen molar-refractivity contribution in [2.45, 2.75) is 38.5 Å². The summed E-state index contributed by atoms with van der Waals surface area (Å²) in [5, 5.41) is 1.89. The average molecular weight is 325 g/mol. The Kier molecular flexibility index (Phi) is 3.33. The lowest BCUT2D eigenvalue weighted by molar-refractivity contribution is 0.701. The molecule has 0 aliphatic heterocycles. The number of fused-ring (bicyclic) bond motifs is 1. The molecule has 18 heavy (non-hydrogen) atoms. The molecule has 0 N–H and O–H groups in total. The van der Waals surface area contributed by atoms with Crippen LogP contribution in [0.15, 0.2) is 22.7 Å². The molecule has 2 aromatic rings. The number of aromatic nitrogens is 1. The van der Waals surface area contributed by atoms with Gasteiger partial charge < -0.3 is 0 Å². The quantitative estimate of drug-likeness (QED) is 0.663. The Morgan fingerprint density at radius 3 is 2.72 bits per heavy atom. The van der Waals surface area contributed by atoms with Gasteiger partial charge in [-0.2, -0.15) is 0 Å². The Labute approximate surface area is 121 Å². The molecule has 0 spiro atoms. The summed E-state index contributed by atoms with van der Waals surface area (Å²) in [6, 6.07) is 6.15. The lowest BCUT2D eigenvalue weighted by Gasteiger charge is -2.12. The van der Waals surface area contributed by atoms with Crippen LogP contribution in [0.4, 0.5) is 0 Å². The van der Waals surface area contributed by atoms with Crippen molar-refractivity contribution in [1.82, 2.24) is 4.98 Å². The molecule has 0 amide bonds. The van der Waals surface area contributed by atoms with Crippen LogP contribution in [-0.2, 0) is 0 Å². The molecule has 3 rings (SSSR count). The first-order valence-corrected chi connectivity index (χ1v) is 7.59. The van der Waals surface area contributed by atoms with Gasteiger partial charge in [-0.25, -0.2) is 0 Å². The monoisotopic (exact) mass is 323 g/mol. The SMILES string of the molecule is Cc1c(Br)ccc2c(Cl)cc(C3CCCC3)nc12. The molecule has 1 fully saturated rings. The van der Waals surface area contributed by atoms with Crippen molar-refractivity contribution in [2.75, 3.05) is 0 Å². The first-order valence-electron chi connectivity index (χ1n) is 6.42. The van der Waals surface area contributed by atoms with E-state index < -0.39 is 0 Å². The van der Waals surface area contributed by atoms with E-state index in [1.807, 2.05) is 12.1 Å². The van der Waals surface area contributed by atoms with E-state index in [1.165, 1.54) is 36.9 Å². The van der Waals surface area contributed by atoms with Crippen molar-refractivity contribution in [3.05, 3.63) is 39.0 Å². The molecule has 1 saturated carbocycles. The molecule has 0 saturated heterocycles. The molecule has 1 aliphatic rings. The molecule has 1 aliphatic carbocycles. The standard InChI is InChI=1S/C15H15BrClN/c1-9-12(16)7-6-11-13(17)8-14(18-15(9)11)10-4-2-3-5-10/h6-8,10H,2-5H2,1H3. The number of halogens is 2. The van der Waals surface area contributed by atoms with Gasteiger partial charge in [-0.3, -0.25) is 4.98 Å². The number of rotatable bonds is 1. The van der Waals surface area contributed by atoms with Gasteiger partial charge in [-0.15, -0.1) is 0 Å². The maximum absolute atomic E-state index is 6.41. The van der Waals surface area contributed by atoms with Gasteiger partial charge >= 0.3 is 0 Å². The van der Waals surface area contributed by atoms with E-state index in [2.05, 4.69) is 28.9 Å². The minimum absolute atomic E-state index is 0.602. The normalized spacial score (nSPS) is 16.6. The van der Waals surface area contributed by atoms with Crippen molar-refractivity contribution in [3.63, 3.8) is 0 Å². The first kappa shape index (κ1) is 12.4. The Morgan fingerprint density at radius 2 is 2.00 bits per heavy atom. The van der Waals surface area contributed by atoms with Crippen LogP contribution >= 0.6 is 27.5 Å². The fourth-order valence-electron chi connectivity index (χ4n) is 2.81. The van der Waals surface area contributed by atoms with E-state index in [0.29, 0.717) is 5.92 Å². The fraction of sp³-hybridized carbons (Fsp3) is 0.400. The third kappa shape index (κ3) is 2.06. The predicted molar refractivity (Wildman–Crippen MR) is 80.4 cm³/mol. The molecule has 1 heterocycles. The van der Waals surface area contributed by atoms with Gasteiger partial charge in [0.05, 0.1) is 10.5 Å². The van der Waals surface area contributed by atoms with Crippen LogP contribution in [0.5, 0.6) is 0 Å². The lowest BCUT2D eigenvalue weighted by atomic mass is 10.0. The molecule has 0 radical (unpaired) electrons. The fourth-order valence-corrected chi connectivity index (χ4v) is 3.40. The van der Waals surface area contributed by atoms with Crippen LogP contribution in [0.2, 0.25) is 5.02 Å². The Hall–Kier alpha value is -0.600. The summed E-state index contributed by atoms with van der Waals surface area (Å²) in [6.07, 6.45) is 5.14. The highest BCUT2D eigenvalue weighted by molar-refractivity contribution is 9.10. The molecular weight excluding hydrogens is 310 g/mol. The number of aryl methyl sites for hydroxylation is 1. The minimum Gasteiger partial charge on any atom is -0.252 e. The van der Waals surface area contributed by atoms with Crippen LogP contribution in [0.1, 0.15) is 42.9 Å². The third-order valence-corrected chi connectivity index (χ3v) is 5.08. The van der Waals surface area contributed by atoms with Crippen LogP contribution in [-0.4, -0.2) is 4.98 Å². The molecule has 1 nitrogen and oxygen atoms in total. The summed E-state index contributed by atoms with van der Waals surface area (Å²) >= 11 is 9.98. The summed E-state index contributed by atoms with van der Waals surface area (Å²) in [4.78, 5) is 4.86. The zero-order chi connectivity index (χ0) is 12.7. The zero-order valence-corrected chi connectivity index (χ0v) is 12.7. The Balaban J connectivity index is 2.21. The van der Waals surface area contributed by atoms with Crippen LogP contribution in [0.25, 0.3) is 10.9 Å². The van der Waals surface area contributed by atoms with Gasteiger partial charge in [0, 0.05) is 21.5 Å². The number of hydrogen-bond donors (Lipinski definition) is 0. The van der Waals surface area contributed by atoms with E-state index >= 15 is 0 Å². The maximum atomic E-state index is 6.41. The summed E-state index contributed by atoms with van der Waals surface area (Å²) in [5.74, 6) is 0.602. The van der Waals surface area contributed by atoms with E-state index in [-0.39, 0.29) is 0 Å². The van der Waals surface area contributed by atoms with Crippen molar-refractivity contribution in [1.29, 1.82) is 0 Å². The van der Waals surface area contributed by atoms with Crippen LogP contribution < -0.4 is 0 Å². The van der Waals surface area contributed by atoms with E-state index in [9.17, 15) is 0 Å². The molecule has 1 aromatic heterocycles. The van der Waals surface area contributed by atoms with Gasteiger partial charge in [0.15, 0.2) is 0 Å². The largest absolute Gasteiger partial charge is 0.252 e. The van der Waals surface area contributed by atoms with Gasteiger partial charge in [-0.1, -0.05) is 46.4 Å². The number of hydrogen-bond acceptors (Lipinski definition) is 1. The average Bonchev–Trinajstić information content (AvgIpc) is 2.88. The van der Waals surface area contributed by atoms with Gasteiger partial charge in [0.25, 0.3) is 0 Å². The number of pyridine rings is 1. The van der Waals surface area contributed by atoms with Crippen molar-refractivity contribution in [2.24, 2.45) is 0 Å². The highest BCUT2D eigenvalue weighted by Gasteiger charge is 2.20. The van der Waals surface area contributed by atoms with E-state index in [1.54, 1.807) is 0 Å². The molecule has 1 aromatic carbocycles. The van der Waals surface area contributed by atoms with Gasteiger partial charge in [-0.05, 0) is 37.5 Å². The minimum atomic E-state index is 0.602. The van der Waals surface area contributed by atoms with Crippen LogP contribution in [0.3, 0.4) is 0 Å². The number of benzene rings is 1. The van der Waals surface area contributed by atoms with Gasteiger partial charge in [0.2, 0.25) is 0 Å². The molecule has 0 bridgehead atoms. The molecular formula is C15H15BrClN. The summed E-state index contributed by atoms with van der Waals surface area (Å²) in [6.45, 7) is 2.09. The Morgan fingerprint density at radius 1 is 1.28 bits per heavy atom. The predicted octanol–water partition coefficient (Wildman–Crippen LogP) is 5.62. The molecule has 94 valence electrons. The summed E-state index contributed by atoms with van der Waals surface area (Å²) in [7, 11) is 0. The van der Waals surface area contributed by atoms with E-state index in [0.717, 1.165) is 20.4 Å². The molecule has 0 atom stereocenters.